The second-order valence-corrected chi connectivity index (χ2v) is 6.68. The molecule has 34 heavy (non-hydrogen) atoms. The number of hydrogen-bond acceptors (Lipinski definition) is 0. The second kappa shape index (κ2) is 8.17. The Hall–Kier alpha value is -2.24. The molecule has 0 aliphatic heterocycles. The maximum absolute atomic E-state index is 13.7. The molecule has 0 saturated carbocycles. The highest BCUT2D eigenvalue weighted by Gasteiger charge is 2.95. The fourth-order valence-corrected chi connectivity index (χ4v) is 2.27. The lowest BCUT2D eigenvalue weighted by Crippen LogP contribution is -2.74. The van der Waals surface area contributed by atoms with Gasteiger partial charge in [0, 0.05) is 0 Å². The van der Waals surface area contributed by atoms with Gasteiger partial charge in [-0.05, 0) is 0 Å². The van der Waals surface area contributed by atoms with Crippen molar-refractivity contribution in [2.75, 3.05) is 0 Å². The lowest BCUT2D eigenvalue weighted by molar-refractivity contribution is -0.699. The molecule has 19 heteroatoms. The zero-order valence-electron chi connectivity index (χ0n) is 15.8. The Kier molecular flexibility index (Phi) is 7.16. The maximum Gasteiger partial charge on any atom is 0.460 e. The quantitative estimate of drug-likeness (QED) is 0.244. The van der Waals surface area contributed by atoms with Crippen molar-refractivity contribution in [3.8, 4) is 0 Å². The Balaban J connectivity index is 3.44. The van der Waals surface area contributed by atoms with Gasteiger partial charge in [0.05, 0.1) is 19.2 Å². The Morgan fingerprint density at radius 2 is 1.00 bits per heavy atom. The predicted octanol–water partition coefficient (Wildman–Crippen LogP) is 6.28. The molecule has 0 N–H and O–H groups in total. The summed E-state index contributed by atoms with van der Waals surface area (Å²) in [6.45, 7) is 1.77. The standard InChI is InChI=1S/C15H10F17N2/c1-2-33-5-6-34(7-33)4-3-8(16,17)9(18,19)10(20,21)11(22,23)12(24,25)13(26,27)14(28,29)15(30,31)32/h2,5-7H,1,3-4H2/q+1. The lowest BCUT2D eigenvalue weighted by Gasteiger charge is -2.42. The van der Waals surface area contributed by atoms with Crippen molar-refractivity contribution in [2.45, 2.75) is 60.6 Å². The van der Waals surface area contributed by atoms with E-state index in [0.717, 1.165) is 29.5 Å². The summed E-state index contributed by atoms with van der Waals surface area (Å²) in [4.78, 5) is 0. The van der Waals surface area contributed by atoms with E-state index >= 15 is 0 Å². The molecular weight excluding hydrogens is 531 g/mol. The molecule has 198 valence electrons. The van der Waals surface area contributed by atoms with Crippen molar-refractivity contribution in [2.24, 2.45) is 0 Å². The topological polar surface area (TPSA) is 8.81 Å². The van der Waals surface area contributed by atoms with Gasteiger partial charge in [-0.15, -0.1) is 0 Å². The number of aryl methyl sites for hydroxylation is 1. The number of aromatic nitrogens is 2. The van der Waals surface area contributed by atoms with E-state index in [1.165, 1.54) is 0 Å². The first-order chi connectivity index (χ1) is 14.8. The molecule has 0 bridgehead atoms. The van der Waals surface area contributed by atoms with Crippen LogP contribution in [0.3, 0.4) is 0 Å². The van der Waals surface area contributed by atoms with E-state index in [9.17, 15) is 74.6 Å². The number of halogens is 17. The molecule has 0 aliphatic carbocycles. The first-order valence-corrected chi connectivity index (χ1v) is 8.17. The summed E-state index contributed by atoms with van der Waals surface area (Å²) in [7, 11) is 0. The van der Waals surface area contributed by atoms with Gasteiger partial charge in [0.25, 0.3) is 0 Å². The van der Waals surface area contributed by atoms with Crippen molar-refractivity contribution in [1.82, 2.24) is 4.57 Å². The third-order valence-electron chi connectivity index (χ3n) is 4.39. The fourth-order valence-electron chi connectivity index (χ4n) is 2.27. The van der Waals surface area contributed by atoms with Crippen LogP contribution < -0.4 is 4.57 Å². The fraction of sp³-hybridized carbons (Fsp3) is 0.667. The minimum Gasteiger partial charge on any atom is -0.236 e. The van der Waals surface area contributed by atoms with Gasteiger partial charge in [-0.1, -0.05) is 6.58 Å². The van der Waals surface area contributed by atoms with Gasteiger partial charge in [-0.2, -0.15) is 74.6 Å². The third kappa shape index (κ3) is 4.07. The molecule has 1 aromatic rings. The number of alkyl halides is 17. The summed E-state index contributed by atoms with van der Waals surface area (Å²) < 4.78 is 225. The predicted molar refractivity (Wildman–Crippen MR) is 76.3 cm³/mol. The third-order valence-corrected chi connectivity index (χ3v) is 4.39. The van der Waals surface area contributed by atoms with Crippen molar-refractivity contribution < 1.29 is 79.2 Å². The van der Waals surface area contributed by atoms with Crippen LogP contribution in [0.5, 0.6) is 0 Å². The van der Waals surface area contributed by atoms with Gasteiger partial charge in [0.2, 0.25) is 6.33 Å². The van der Waals surface area contributed by atoms with E-state index < -0.39 is 60.6 Å². The van der Waals surface area contributed by atoms with Crippen molar-refractivity contribution in [1.29, 1.82) is 0 Å². The van der Waals surface area contributed by atoms with Gasteiger partial charge < -0.3 is 0 Å². The van der Waals surface area contributed by atoms with E-state index in [0.29, 0.717) is 4.57 Å². The molecule has 0 unspecified atom stereocenters. The summed E-state index contributed by atoms with van der Waals surface area (Å²) in [6.07, 6.45) is -6.64. The molecule has 0 atom stereocenters. The van der Waals surface area contributed by atoms with Crippen LogP contribution in [0.2, 0.25) is 0 Å². The van der Waals surface area contributed by atoms with Gasteiger partial charge in [0.1, 0.15) is 12.4 Å². The average Bonchev–Trinajstić information content (AvgIpc) is 3.12. The van der Waals surface area contributed by atoms with Gasteiger partial charge in [-0.25, -0.2) is 9.13 Å². The zero-order valence-corrected chi connectivity index (χ0v) is 15.8. The summed E-state index contributed by atoms with van der Waals surface area (Å²) in [5.74, 6) is -56.1. The van der Waals surface area contributed by atoms with Gasteiger partial charge in [0.15, 0.2) is 0 Å². The van der Waals surface area contributed by atoms with Crippen LogP contribution in [0.25, 0.3) is 6.20 Å². The minimum absolute atomic E-state index is 0.550. The Morgan fingerprint density at radius 3 is 1.35 bits per heavy atom. The van der Waals surface area contributed by atoms with Crippen LogP contribution >= 0.6 is 0 Å². The summed E-state index contributed by atoms with van der Waals surface area (Å²) in [6, 6.07) is 0. The highest BCUT2D eigenvalue weighted by atomic mass is 19.4. The van der Waals surface area contributed by atoms with Crippen molar-refractivity contribution in [3.63, 3.8) is 0 Å². The molecule has 1 aromatic heterocycles. The smallest absolute Gasteiger partial charge is 0.236 e. The molecular formula is C15H10F17N2+. The van der Waals surface area contributed by atoms with Crippen LogP contribution in [0, 0.1) is 0 Å². The molecule has 0 radical (unpaired) electrons. The van der Waals surface area contributed by atoms with Crippen LogP contribution in [0.15, 0.2) is 25.3 Å². The average molecular weight is 541 g/mol. The molecule has 1 rings (SSSR count). The Morgan fingerprint density at radius 1 is 0.618 bits per heavy atom. The van der Waals surface area contributed by atoms with E-state index in [2.05, 4.69) is 6.58 Å². The monoisotopic (exact) mass is 541 g/mol. The summed E-state index contributed by atoms with van der Waals surface area (Å²) in [5, 5.41) is 0. The van der Waals surface area contributed by atoms with Gasteiger partial charge >= 0.3 is 47.6 Å². The van der Waals surface area contributed by atoms with Crippen molar-refractivity contribution >= 4 is 6.20 Å². The first-order valence-electron chi connectivity index (χ1n) is 8.17. The van der Waals surface area contributed by atoms with E-state index in [4.69, 9.17) is 0 Å². The Bertz CT molecular complexity index is 880. The number of nitrogens with zero attached hydrogens (tertiary/aromatic N) is 2. The highest BCUT2D eigenvalue weighted by molar-refractivity contribution is 5.15. The molecule has 0 saturated heterocycles. The highest BCUT2D eigenvalue weighted by Crippen LogP contribution is 2.64. The van der Waals surface area contributed by atoms with Gasteiger partial charge in [-0.3, -0.25) is 0 Å². The SMILES string of the molecule is C=Cn1cc[n+](CCC(F)(F)C(F)(F)C(F)(F)C(F)(F)C(F)(F)C(F)(F)C(F)(F)C(F)(F)F)c1. The summed E-state index contributed by atoms with van der Waals surface area (Å²) in [5.41, 5.74) is 0. The van der Waals surface area contributed by atoms with Crippen molar-refractivity contribution in [3.05, 3.63) is 25.3 Å². The molecule has 0 amide bonds. The summed E-state index contributed by atoms with van der Waals surface area (Å²) >= 11 is 0. The number of imidazole rings is 1. The van der Waals surface area contributed by atoms with Crippen LogP contribution in [0.1, 0.15) is 6.42 Å². The molecule has 2 nitrogen and oxygen atoms in total. The molecule has 1 heterocycles. The van der Waals surface area contributed by atoms with Crippen LogP contribution in [0.4, 0.5) is 74.6 Å². The second-order valence-electron chi connectivity index (χ2n) is 6.68. The van der Waals surface area contributed by atoms with E-state index in [1.807, 2.05) is 0 Å². The maximum atomic E-state index is 13.7. The molecule has 0 aliphatic rings. The van der Waals surface area contributed by atoms with E-state index in [-0.39, 0.29) is 0 Å². The molecule has 0 fully saturated rings. The first kappa shape index (κ1) is 29.8. The van der Waals surface area contributed by atoms with E-state index in [1.54, 1.807) is 0 Å². The Labute approximate surface area is 177 Å². The lowest BCUT2D eigenvalue weighted by atomic mass is 9.88. The number of hydrogen-bond donors (Lipinski definition) is 0. The minimum atomic E-state index is -8.61. The van der Waals surface area contributed by atoms with Crippen LogP contribution in [-0.4, -0.2) is 52.2 Å². The zero-order chi connectivity index (χ0) is 27.4. The van der Waals surface area contributed by atoms with Crippen LogP contribution in [-0.2, 0) is 6.54 Å². The normalized spacial score (nSPS) is 15.6. The molecule has 0 aromatic carbocycles. The molecule has 0 spiro atoms. The largest absolute Gasteiger partial charge is 0.460 e. The number of rotatable bonds is 10.